The Kier molecular flexibility index (Phi) is 6.20. The molecule has 0 aliphatic heterocycles. The Hall–Kier alpha value is -3.30. The van der Waals surface area contributed by atoms with Gasteiger partial charge < -0.3 is 21.4 Å². The third-order valence-electron chi connectivity index (χ3n) is 3.92. The first-order valence-electron chi connectivity index (χ1n) is 8.28. The zero-order valence-electron chi connectivity index (χ0n) is 15.2. The van der Waals surface area contributed by atoms with E-state index in [-0.39, 0.29) is 17.3 Å². The predicted molar refractivity (Wildman–Crippen MR) is 113 cm³/mol. The number of amides is 3. The molecule has 0 aliphatic carbocycles. The molecule has 0 aliphatic rings. The van der Waals surface area contributed by atoms with Gasteiger partial charge in [0, 0.05) is 16.3 Å². The number of carbonyl (C=O) groups excluding carboxylic acids is 3. The predicted octanol–water partition coefficient (Wildman–Crippen LogP) is 3.39. The van der Waals surface area contributed by atoms with Crippen LogP contribution in [0.5, 0.6) is 0 Å². The number of hydrogen-bond acceptors (Lipinski definition) is 5. The molecule has 1 aromatic heterocycles. The van der Waals surface area contributed by atoms with Crippen LogP contribution in [0.2, 0.25) is 5.02 Å². The summed E-state index contributed by atoms with van der Waals surface area (Å²) in [5.74, 6) is -1.71. The van der Waals surface area contributed by atoms with Crippen molar-refractivity contribution in [3.63, 3.8) is 0 Å². The van der Waals surface area contributed by atoms with Crippen LogP contribution in [0, 0.1) is 0 Å². The maximum Gasteiger partial charge on any atom is 0.274 e. The van der Waals surface area contributed by atoms with Crippen LogP contribution in [0.15, 0.2) is 53.7 Å². The average molecular weight is 430 g/mol. The average Bonchev–Trinajstić information content (AvgIpc) is 3.19. The topological polar surface area (TPSA) is 130 Å². The SMILES string of the molecule is CSc1ccc(C(=O)Nc2ccc(NC(=O)c3[nH]cnc3C(N)=O)cc2)c(Cl)c1. The summed E-state index contributed by atoms with van der Waals surface area (Å²) < 4.78 is 0. The monoisotopic (exact) mass is 429 g/mol. The highest BCUT2D eigenvalue weighted by atomic mass is 35.5. The largest absolute Gasteiger partial charge is 0.364 e. The van der Waals surface area contributed by atoms with Gasteiger partial charge in [-0.15, -0.1) is 11.8 Å². The molecule has 3 aromatic rings. The lowest BCUT2D eigenvalue weighted by molar-refractivity contribution is 0.0972. The maximum absolute atomic E-state index is 12.4. The van der Waals surface area contributed by atoms with Gasteiger partial charge in [0.2, 0.25) is 0 Å². The van der Waals surface area contributed by atoms with Crippen molar-refractivity contribution in [3.05, 3.63) is 70.8 Å². The number of halogens is 1. The number of carbonyl (C=O) groups is 3. The van der Waals surface area contributed by atoms with Crippen molar-refractivity contribution in [2.45, 2.75) is 4.90 Å². The summed E-state index contributed by atoms with van der Waals surface area (Å²) in [6.07, 6.45) is 3.14. The quantitative estimate of drug-likeness (QED) is 0.446. The van der Waals surface area contributed by atoms with Gasteiger partial charge in [0.1, 0.15) is 5.69 Å². The van der Waals surface area contributed by atoms with E-state index in [1.165, 1.54) is 18.1 Å². The van der Waals surface area contributed by atoms with Crippen LogP contribution >= 0.6 is 23.4 Å². The van der Waals surface area contributed by atoms with Gasteiger partial charge in [-0.25, -0.2) is 4.98 Å². The molecule has 3 amide bonds. The second-order valence-electron chi connectivity index (χ2n) is 5.82. The Balaban J connectivity index is 1.67. The van der Waals surface area contributed by atoms with Gasteiger partial charge in [0.25, 0.3) is 17.7 Å². The molecule has 5 N–H and O–H groups in total. The number of anilines is 2. The number of nitrogens with one attached hydrogen (secondary N) is 3. The number of benzene rings is 2. The molecule has 8 nitrogen and oxygen atoms in total. The minimum absolute atomic E-state index is 0.0294. The summed E-state index contributed by atoms with van der Waals surface area (Å²) in [7, 11) is 0. The Morgan fingerprint density at radius 1 is 1.03 bits per heavy atom. The lowest BCUT2D eigenvalue weighted by Crippen LogP contribution is -2.20. The highest BCUT2D eigenvalue weighted by Crippen LogP contribution is 2.24. The zero-order valence-corrected chi connectivity index (χ0v) is 16.7. The number of primary amides is 1. The van der Waals surface area contributed by atoms with E-state index in [4.69, 9.17) is 17.3 Å². The molecule has 0 bridgehead atoms. The second-order valence-corrected chi connectivity index (χ2v) is 7.11. The van der Waals surface area contributed by atoms with Crippen molar-refractivity contribution >= 4 is 52.5 Å². The molecule has 10 heteroatoms. The van der Waals surface area contributed by atoms with Crippen molar-refractivity contribution in [2.75, 3.05) is 16.9 Å². The van der Waals surface area contributed by atoms with Gasteiger partial charge in [-0.1, -0.05) is 11.6 Å². The van der Waals surface area contributed by atoms with Crippen molar-refractivity contribution in [1.29, 1.82) is 0 Å². The fourth-order valence-corrected chi connectivity index (χ4v) is 3.26. The van der Waals surface area contributed by atoms with E-state index < -0.39 is 11.8 Å². The van der Waals surface area contributed by atoms with Crippen LogP contribution in [-0.2, 0) is 0 Å². The number of H-pyrrole nitrogens is 1. The molecule has 0 radical (unpaired) electrons. The van der Waals surface area contributed by atoms with Crippen LogP contribution in [-0.4, -0.2) is 33.9 Å². The third kappa shape index (κ3) is 4.76. The van der Waals surface area contributed by atoms with E-state index in [1.807, 2.05) is 12.3 Å². The lowest BCUT2D eigenvalue weighted by atomic mass is 10.2. The number of imidazole rings is 1. The number of thioether (sulfide) groups is 1. The van der Waals surface area contributed by atoms with Crippen LogP contribution in [0.4, 0.5) is 11.4 Å². The van der Waals surface area contributed by atoms with Crippen molar-refractivity contribution in [3.8, 4) is 0 Å². The van der Waals surface area contributed by atoms with Gasteiger partial charge in [0.05, 0.1) is 16.9 Å². The molecule has 0 atom stereocenters. The standard InChI is InChI=1S/C19H16ClN5O3S/c1-29-12-6-7-13(14(20)8-12)18(27)24-10-2-4-11(5-3-10)25-19(28)16-15(17(21)26)22-9-23-16/h2-9H,1H3,(H2,21,26)(H,22,23)(H,24,27)(H,25,28). The second kappa shape index (κ2) is 8.80. The Labute approximate surface area is 175 Å². The summed E-state index contributed by atoms with van der Waals surface area (Å²) in [4.78, 5) is 43.2. The summed E-state index contributed by atoms with van der Waals surface area (Å²) in [6.45, 7) is 0. The van der Waals surface area contributed by atoms with Gasteiger partial charge in [-0.05, 0) is 48.7 Å². The smallest absolute Gasteiger partial charge is 0.274 e. The van der Waals surface area contributed by atoms with Crippen LogP contribution in [0.1, 0.15) is 31.3 Å². The Morgan fingerprint density at radius 2 is 1.66 bits per heavy atom. The molecular weight excluding hydrogens is 414 g/mol. The van der Waals surface area contributed by atoms with E-state index >= 15 is 0 Å². The number of nitrogens with two attached hydrogens (primary N) is 1. The van der Waals surface area contributed by atoms with Crippen molar-refractivity contribution in [1.82, 2.24) is 9.97 Å². The molecule has 0 spiro atoms. The summed E-state index contributed by atoms with van der Waals surface area (Å²) in [5.41, 5.74) is 6.35. The molecule has 0 saturated carbocycles. The molecule has 1 heterocycles. The Bertz CT molecular complexity index is 1080. The van der Waals surface area contributed by atoms with Gasteiger partial charge in [-0.3, -0.25) is 14.4 Å². The molecule has 148 valence electrons. The zero-order chi connectivity index (χ0) is 21.0. The summed E-state index contributed by atoms with van der Waals surface area (Å²) >= 11 is 7.71. The van der Waals surface area contributed by atoms with E-state index in [0.29, 0.717) is 22.0 Å². The lowest BCUT2D eigenvalue weighted by Gasteiger charge is -2.09. The van der Waals surface area contributed by atoms with Crippen LogP contribution < -0.4 is 16.4 Å². The van der Waals surface area contributed by atoms with Crippen molar-refractivity contribution in [2.24, 2.45) is 5.73 Å². The number of hydrogen-bond donors (Lipinski definition) is 4. The minimum Gasteiger partial charge on any atom is -0.364 e. The normalized spacial score (nSPS) is 10.4. The summed E-state index contributed by atoms with van der Waals surface area (Å²) in [5, 5.41) is 5.73. The van der Waals surface area contributed by atoms with Crippen LogP contribution in [0.25, 0.3) is 0 Å². The highest BCUT2D eigenvalue weighted by Gasteiger charge is 2.18. The van der Waals surface area contributed by atoms with E-state index in [2.05, 4.69) is 20.6 Å². The first-order valence-corrected chi connectivity index (χ1v) is 9.88. The molecule has 29 heavy (non-hydrogen) atoms. The van der Waals surface area contributed by atoms with Crippen molar-refractivity contribution < 1.29 is 14.4 Å². The maximum atomic E-state index is 12.4. The minimum atomic E-state index is -0.807. The van der Waals surface area contributed by atoms with Gasteiger partial charge in [0.15, 0.2) is 5.69 Å². The molecule has 3 rings (SSSR count). The van der Waals surface area contributed by atoms with Crippen LogP contribution in [0.3, 0.4) is 0 Å². The number of aromatic nitrogens is 2. The van der Waals surface area contributed by atoms with Gasteiger partial charge >= 0.3 is 0 Å². The number of aromatic amines is 1. The number of rotatable bonds is 6. The van der Waals surface area contributed by atoms with E-state index in [0.717, 1.165) is 4.90 Å². The fourth-order valence-electron chi connectivity index (χ4n) is 2.49. The molecule has 0 saturated heterocycles. The first-order chi connectivity index (χ1) is 13.9. The molecule has 0 unspecified atom stereocenters. The first kappa shape index (κ1) is 20.4. The molecular formula is C19H16ClN5O3S. The summed E-state index contributed by atoms with van der Waals surface area (Å²) in [6, 6.07) is 11.7. The Morgan fingerprint density at radius 3 is 2.21 bits per heavy atom. The highest BCUT2D eigenvalue weighted by molar-refractivity contribution is 7.98. The third-order valence-corrected chi connectivity index (χ3v) is 4.96. The van der Waals surface area contributed by atoms with E-state index in [9.17, 15) is 14.4 Å². The van der Waals surface area contributed by atoms with E-state index in [1.54, 1.807) is 36.4 Å². The molecule has 2 aromatic carbocycles. The number of nitrogens with zero attached hydrogens (tertiary/aromatic N) is 1. The molecule has 0 fully saturated rings. The van der Waals surface area contributed by atoms with Gasteiger partial charge in [-0.2, -0.15) is 0 Å². The fraction of sp³-hybridized carbons (Fsp3) is 0.0526.